The Morgan fingerprint density at radius 1 is 1.10 bits per heavy atom. The summed E-state index contributed by atoms with van der Waals surface area (Å²) >= 11 is 0. The average molecular weight is 312 g/mol. The number of ketones is 1. The lowest BCUT2D eigenvalue weighted by Gasteiger charge is -2.19. The van der Waals surface area contributed by atoms with Gasteiger partial charge in [-0.25, -0.2) is 0 Å². The average Bonchev–Trinajstić information content (AvgIpc) is 2.74. The second-order valence-corrected chi connectivity index (χ2v) is 5.39. The van der Waals surface area contributed by atoms with Crippen molar-refractivity contribution in [3.8, 4) is 5.75 Å². The van der Waals surface area contributed by atoms with Gasteiger partial charge in [0.15, 0.2) is 5.78 Å². The van der Waals surface area contributed by atoms with E-state index in [-0.39, 0.29) is 18.2 Å². The van der Waals surface area contributed by atoms with Crippen molar-refractivity contribution in [2.24, 2.45) is 0 Å². The van der Waals surface area contributed by atoms with Gasteiger partial charge in [0.1, 0.15) is 5.75 Å². The summed E-state index contributed by atoms with van der Waals surface area (Å²) in [6, 6.07) is 7.50. The molecule has 1 saturated heterocycles. The minimum absolute atomic E-state index is 0. The lowest BCUT2D eigenvalue weighted by atomic mass is 10.1. The molecule has 2 rings (SSSR count). The van der Waals surface area contributed by atoms with E-state index in [1.165, 1.54) is 25.7 Å². The molecule has 0 unspecified atom stereocenters. The number of carbonyl (C=O) groups excluding carboxylic acids is 1. The van der Waals surface area contributed by atoms with Gasteiger partial charge in [0.25, 0.3) is 0 Å². The zero-order valence-electron chi connectivity index (χ0n) is 12.8. The highest BCUT2D eigenvalue weighted by molar-refractivity contribution is 5.96. The summed E-state index contributed by atoms with van der Waals surface area (Å²) in [5, 5.41) is 0. The van der Waals surface area contributed by atoms with Gasteiger partial charge in [-0.15, -0.1) is 12.4 Å². The van der Waals surface area contributed by atoms with Gasteiger partial charge in [0.2, 0.25) is 0 Å². The Bertz CT molecular complexity index is 411. The third kappa shape index (κ3) is 6.06. The van der Waals surface area contributed by atoms with Crippen molar-refractivity contribution in [3.63, 3.8) is 0 Å². The summed E-state index contributed by atoms with van der Waals surface area (Å²) in [4.78, 5) is 14.6. The molecule has 118 valence electrons. The number of hydrogen-bond acceptors (Lipinski definition) is 3. The molecule has 0 radical (unpaired) electrons. The third-order valence-electron chi connectivity index (χ3n) is 3.84. The molecule has 0 aromatic heterocycles. The molecule has 0 amide bonds. The van der Waals surface area contributed by atoms with Crippen LogP contribution in [0, 0.1) is 0 Å². The van der Waals surface area contributed by atoms with Crippen molar-refractivity contribution in [2.45, 2.75) is 39.0 Å². The molecule has 3 nitrogen and oxygen atoms in total. The minimum Gasteiger partial charge on any atom is -0.494 e. The molecule has 1 aromatic rings. The quantitative estimate of drug-likeness (QED) is 0.745. The molecule has 0 bridgehead atoms. The molecule has 0 N–H and O–H groups in total. The molecule has 0 spiro atoms. The lowest BCUT2D eigenvalue weighted by Crippen LogP contribution is -2.27. The van der Waals surface area contributed by atoms with Crippen LogP contribution in [0.2, 0.25) is 0 Å². The third-order valence-corrected chi connectivity index (χ3v) is 3.84. The van der Waals surface area contributed by atoms with Gasteiger partial charge in [-0.3, -0.25) is 4.79 Å². The summed E-state index contributed by atoms with van der Waals surface area (Å²) in [7, 11) is 0. The predicted octanol–water partition coefficient (Wildman–Crippen LogP) is 3.96. The SMILES string of the molecule is CCOc1ccc(C(=O)CCN2CCCCCC2)cc1.Cl. The lowest BCUT2D eigenvalue weighted by molar-refractivity contribution is 0.0965. The van der Waals surface area contributed by atoms with Gasteiger partial charge >= 0.3 is 0 Å². The van der Waals surface area contributed by atoms with Gasteiger partial charge in [-0.1, -0.05) is 12.8 Å². The maximum Gasteiger partial charge on any atom is 0.164 e. The molecule has 1 aromatic carbocycles. The van der Waals surface area contributed by atoms with Crippen molar-refractivity contribution in [2.75, 3.05) is 26.2 Å². The molecule has 4 heteroatoms. The van der Waals surface area contributed by atoms with E-state index in [0.717, 1.165) is 30.9 Å². The Morgan fingerprint density at radius 3 is 2.29 bits per heavy atom. The van der Waals surface area contributed by atoms with Gasteiger partial charge < -0.3 is 9.64 Å². The Balaban J connectivity index is 0.00000220. The van der Waals surface area contributed by atoms with Crippen molar-refractivity contribution >= 4 is 18.2 Å². The van der Waals surface area contributed by atoms with Crippen LogP contribution in [0.4, 0.5) is 0 Å². The Kier molecular flexibility index (Phi) is 8.40. The smallest absolute Gasteiger partial charge is 0.164 e. The van der Waals surface area contributed by atoms with Gasteiger partial charge in [-0.2, -0.15) is 0 Å². The van der Waals surface area contributed by atoms with Crippen molar-refractivity contribution in [1.29, 1.82) is 0 Å². The van der Waals surface area contributed by atoms with E-state index >= 15 is 0 Å². The van der Waals surface area contributed by atoms with Crippen LogP contribution in [0.3, 0.4) is 0 Å². The number of nitrogens with zero attached hydrogens (tertiary/aromatic N) is 1. The van der Waals surface area contributed by atoms with E-state index in [2.05, 4.69) is 4.90 Å². The minimum atomic E-state index is 0. The first-order valence-corrected chi connectivity index (χ1v) is 7.78. The number of likely N-dealkylation sites (tertiary alicyclic amines) is 1. The molecule has 1 fully saturated rings. The first-order valence-electron chi connectivity index (χ1n) is 7.78. The van der Waals surface area contributed by atoms with Crippen LogP contribution in [0.25, 0.3) is 0 Å². The second kappa shape index (κ2) is 9.80. The van der Waals surface area contributed by atoms with Crippen LogP contribution < -0.4 is 4.74 Å². The van der Waals surface area contributed by atoms with E-state index in [1.807, 2.05) is 31.2 Å². The number of halogens is 1. The monoisotopic (exact) mass is 311 g/mol. The molecule has 0 atom stereocenters. The highest BCUT2D eigenvalue weighted by atomic mass is 35.5. The van der Waals surface area contributed by atoms with Crippen LogP contribution >= 0.6 is 12.4 Å². The molecule has 1 heterocycles. The number of benzene rings is 1. The van der Waals surface area contributed by atoms with E-state index in [4.69, 9.17) is 4.74 Å². The summed E-state index contributed by atoms with van der Waals surface area (Å²) in [6.07, 6.45) is 5.84. The fourth-order valence-corrected chi connectivity index (χ4v) is 2.67. The van der Waals surface area contributed by atoms with Crippen LogP contribution in [0.5, 0.6) is 5.75 Å². The van der Waals surface area contributed by atoms with E-state index in [1.54, 1.807) is 0 Å². The molecule has 1 aliphatic heterocycles. The van der Waals surface area contributed by atoms with Crippen molar-refractivity contribution in [3.05, 3.63) is 29.8 Å². The van der Waals surface area contributed by atoms with Crippen LogP contribution in [-0.4, -0.2) is 36.9 Å². The molecule has 1 aliphatic rings. The fourth-order valence-electron chi connectivity index (χ4n) is 2.67. The Hall–Kier alpha value is -1.06. The van der Waals surface area contributed by atoms with Gasteiger partial charge in [-0.05, 0) is 57.1 Å². The number of carbonyl (C=O) groups is 1. The molecular formula is C17H26ClNO2. The maximum absolute atomic E-state index is 12.2. The molecule has 0 aliphatic carbocycles. The number of ether oxygens (including phenoxy) is 1. The zero-order chi connectivity index (χ0) is 14.2. The highest BCUT2D eigenvalue weighted by Crippen LogP contribution is 2.14. The van der Waals surface area contributed by atoms with Crippen LogP contribution in [0.1, 0.15) is 49.4 Å². The summed E-state index contributed by atoms with van der Waals surface area (Å²) < 4.78 is 5.39. The van der Waals surface area contributed by atoms with E-state index in [0.29, 0.717) is 13.0 Å². The molecular weight excluding hydrogens is 286 g/mol. The number of Topliss-reactive ketones (excluding diaryl/α,β-unsaturated/α-hetero) is 1. The largest absolute Gasteiger partial charge is 0.494 e. The summed E-state index contributed by atoms with van der Waals surface area (Å²) in [5.74, 6) is 1.06. The van der Waals surface area contributed by atoms with Crippen LogP contribution in [0.15, 0.2) is 24.3 Å². The van der Waals surface area contributed by atoms with E-state index < -0.39 is 0 Å². The highest BCUT2D eigenvalue weighted by Gasteiger charge is 2.12. The topological polar surface area (TPSA) is 29.5 Å². The van der Waals surface area contributed by atoms with Crippen LogP contribution in [-0.2, 0) is 0 Å². The first-order chi connectivity index (χ1) is 9.79. The standard InChI is InChI=1S/C17H25NO2.ClH/c1-2-20-16-9-7-15(8-10-16)17(19)11-14-18-12-5-3-4-6-13-18;/h7-10H,2-6,11-14H2,1H3;1H. The van der Waals surface area contributed by atoms with Crippen molar-refractivity contribution < 1.29 is 9.53 Å². The normalized spacial score (nSPS) is 15.9. The Morgan fingerprint density at radius 2 is 1.71 bits per heavy atom. The zero-order valence-corrected chi connectivity index (χ0v) is 13.7. The maximum atomic E-state index is 12.2. The number of rotatable bonds is 6. The molecule has 21 heavy (non-hydrogen) atoms. The molecule has 0 saturated carbocycles. The van der Waals surface area contributed by atoms with Crippen molar-refractivity contribution in [1.82, 2.24) is 4.90 Å². The van der Waals surface area contributed by atoms with Gasteiger partial charge in [0.05, 0.1) is 6.61 Å². The predicted molar refractivity (Wildman–Crippen MR) is 88.7 cm³/mol. The second-order valence-electron chi connectivity index (χ2n) is 5.39. The Labute approximate surface area is 134 Å². The summed E-state index contributed by atoms with van der Waals surface area (Å²) in [6.45, 7) is 5.81. The van der Waals surface area contributed by atoms with Gasteiger partial charge in [0, 0.05) is 18.5 Å². The number of hydrogen-bond donors (Lipinski definition) is 0. The fraction of sp³-hybridized carbons (Fsp3) is 0.588. The van der Waals surface area contributed by atoms with E-state index in [9.17, 15) is 4.79 Å². The summed E-state index contributed by atoms with van der Waals surface area (Å²) in [5.41, 5.74) is 0.795. The first kappa shape index (κ1) is 18.0.